The molecule has 0 aliphatic carbocycles. The van der Waals surface area contributed by atoms with Crippen LogP contribution in [0.2, 0.25) is 0 Å². The van der Waals surface area contributed by atoms with Gasteiger partial charge >= 0.3 is 0 Å². The summed E-state index contributed by atoms with van der Waals surface area (Å²) in [6.07, 6.45) is 6.28. The van der Waals surface area contributed by atoms with Crippen LogP contribution in [0.1, 0.15) is 20.8 Å². The highest BCUT2D eigenvalue weighted by Crippen LogP contribution is 2.38. The highest BCUT2D eigenvalue weighted by Gasteiger charge is 2.10. The average Bonchev–Trinajstić information content (AvgIpc) is 2.43. The molecule has 0 saturated heterocycles. The van der Waals surface area contributed by atoms with E-state index in [9.17, 15) is 0 Å². The van der Waals surface area contributed by atoms with Gasteiger partial charge in [0.1, 0.15) is 0 Å². The minimum Gasteiger partial charge on any atom is -0.361 e. The summed E-state index contributed by atoms with van der Waals surface area (Å²) in [6.45, 7) is 6.30. The summed E-state index contributed by atoms with van der Waals surface area (Å²) in [6, 6.07) is 10.1. The molecule has 0 aromatic heterocycles. The van der Waals surface area contributed by atoms with Crippen molar-refractivity contribution in [2.75, 3.05) is 5.32 Å². The second-order valence-corrected chi connectivity index (χ2v) is 7.02. The number of rotatable bonds is 3. The van der Waals surface area contributed by atoms with Crippen LogP contribution in [-0.4, -0.2) is 4.86 Å². The van der Waals surface area contributed by atoms with Gasteiger partial charge in [-0.3, -0.25) is 0 Å². The zero-order chi connectivity index (χ0) is 13.8. The standard InChI is InChI=1S/C16H18ClNS/c1-12-9-10-16(19(17)14(12)3)13(2)11-18-15-7-5-4-6-8-15/h4-11,18H,1-3H3/b13-11+. The van der Waals surface area contributed by atoms with E-state index in [4.69, 9.17) is 10.7 Å². The van der Waals surface area contributed by atoms with Crippen molar-refractivity contribution in [2.45, 2.75) is 20.8 Å². The van der Waals surface area contributed by atoms with Crippen LogP contribution in [-0.2, 0) is 0 Å². The summed E-state index contributed by atoms with van der Waals surface area (Å²) in [4.78, 5) is 2.44. The van der Waals surface area contributed by atoms with Gasteiger partial charge in [0.2, 0.25) is 0 Å². The molecule has 1 atom stereocenters. The first-order chi connectivity index (χ1) is 9.09. The van der Waals surface area contributed by atoms with E-state index in [1.807, 2.05) is 36.5 Å². The molecule has 100 valence electrons. The minimum atomic E-state index is -0.317. The number of hydrogen-bond donors (Lipinski definition) is 1. The SMILES string of the molecule is CC1=C(C)S(Cl)=C(/C(C)=C/Nc2ccccc2)C=C1. The monoisotopic (exact) mass is 291 g/mol. The highest BCUT2D eigenvalue weighted by molar-refractivity contribution is 8.38. The van der Waals surface area contributed by atoms with Crippen molar-refractivity contribution in [2.24, 2.45) is 0 Å². The first-order valence-corrected chi connectivity index (χ1v) is 8.26. The first-order valence-electron chi connectivity index (χ1n) is 6.21. The Morgan fingerprint density at radius 3 is 2.53 bits per heavy atom. The number of hydrogen-bond acceptors (Lipinski definition) is 1. The molecule has 0 saturated carbocycles. The van der Waals surface area contributed by atoms with Crippen LogP contribution in [0.25, 0.3) is 0 Å². The Balaban J connectivity index is 2.21. The Morgan fingerprint density at radius 1 is 1.16 bits per heavy atom. The molecular formula is C16H18ClNS. The quantitative estimate of drug-likeness (QED) is 0.576. The van der Waals surface area contributed by atoms with E-state index < -0.39 is 0 Å². The van der Waals surface area contributed by atoms with Crippen LogP contribution in [0, 0.1) is 0 Å². The molecule has 0 spiro atoms. The maximum Gasteiger partial charge on any atom is 0.0379 e. The van der Waals surface area contributed by atoms with Gasteiger partial charge in [-0.2, -0.15) is 0 Å². The normalized spacial score (nSPS) is 19.9. The fourth-order valence-electron chi connectivity index (χ4n) is 1.75. The maximum atomic E-state index is 6.52. The molecular weight excluding hydrogens is 274 g/mol. The number of benzene rings is 1. The molecule has 1 aromatic rings. The number of halogens is 1. The molecule has 1 aliphatic rings. The van der Waals surface area contributed by atoms with E-state index in [1.54, 1.807) is 0 Å². The third-order valence-corrected chi connectivity index (χ3v) is 6.02. The lowest BCUT2D eigenvalue weighted by Crippen LogP contribution is -2.02. The van der Waals surface area contributed by atoms with Crippen molar-refractivity contribution in [1.29, 1.82) is 0 Å². The van der Waals surface area contributed by atoms with Crippen LogP contribution in [0.4, 0.5) is 5.69 Å². The van der Waals surface area contributed by atoms with Crippen molar-refractivity contribution in [1.82, 2.24) is 0 Å². The van der Waals surface area contributed by atoms with Gasteiger partial charge in [-0.15, -0.1) is 0 Å². The van der Waals surface area contributed by atoms with E-state index in [2.05, 4.69) is 38.2 Å². The summed E-state index contributed by atoms with van der Waals surface area (Å²) < 4.78 is 0. The number of para-hydroxylation sites is 1. The molecule has 1 unspecified atom stereocenters. The summed E-state index contributed by atoms with van der Waals surface area (Å²) in [5.74, 6) is 0. The van der Waals surface area contributed by atoms with Crippen molar-refractivity contribution in [3.05, 3.63) is 64.7 Å². The summed E-state index contributed by atoms with van der Waals surface area (Å²) in [7, 11) is 6.20. The van der Waals surface area contributed by atoms with Gasteiger partial charge in [-0.1, -0.05) is 34.0 Å². The average molecular weight is 292 g/mol. The third kappa shape index (κ3) is 3.40. The molecule has 0 fully saturated rings. The van der Waals surface area contributed by atoms with Crippen molar-refractivity contribution < 1.29 is 0 Å². The number of nitrogens with one attached hydrogen (secondary N) is 1. The van der Waals surface area contributed by atoms with Gasteiger partial charge in [0.15, 0.2) is 0 Å². The Morgan fingerprint density at radius 2 is 1.84 bits per heavy atom. The first kappa shape index (κ1) is 14.2. The lowest BCUT2D eigenvalue weighted by atomic mass is 10.1. The Hall–Kier alpha value is -1.25. The van der Waals surface area contributed by atoms with Gasteiger partial charge in [0.25, 0.3) is 0 Å². The third-order valence-electron chi connectivity index (χ3n) is 3.12. The Kier molecular flexibility index (Phi) is 4.67. The van der Waals surface area contributed by atoms with Crippen molar-refractivity contribution >= 4 is 30.9 Å². The second kappa shape index (κ2) is 6.27. The van der Waals surface area contributed by atoms with E-state index in [-0.39, 0.29) is 9.70 Å². The van der Waals surface area contributed by atoms with E-state index >= 15 is 0 Å². The highest BCUT2D eigenvalue weighted by atomic mass is 35.7. The lowest BCUT2D eigenvalue weighted by molar-refractivity contribution is 1.44. The van der Waals surface area contributed by atoms with Crippen molar-refractivity contribution in [3.8, 4) is 0 Å². The predicted molar refractivity (Wildman–Crippen MR) is 89.8 cm³/mol. The smallest absolute Gasteiger partial charge is 0.0379 e. The summed E-state index contributed by atoms with van der Waals surface area (Å²) >= 11 is 0. The molecule has 2 rings (SSSR count). The molecule has 1 nitrogen and oxygen atoms in total. The molecule has 1 aromatic carbocycles. The van der Waals surface area contributed by atoms with Crippen LogP contribution in [0.15, 0.2) is 64.7 Å². The van der Waals surface area contributed by atoms with Gasteiger partial charge in [-0.05, 0) is 65.7 Å². The predicted octanol–water partition coefficient (Wildman–Crippen LogP) is 5.46. The lowest BCUT2D eigenvalue weighted by Gasteiger charge is -2.15. The van der Waals surface area contributed by atoms with Crippen LogP contribution in [0.3, 0.4) is 0 Å². The zero-order valence-corrected chi connectivity index (χ0v) is 13.0. The van der Waals surface area contributed by atoms with Gasteiger partial charge < -0.3 is 5.32 Å². The molecule has 3 heteroatoms. The van der Waals surface area contributed by atoms with Crippen molar-refractivity contribution in [3.63, 3.8) is 0 Å². The molecule has 1 N–H and O–H groups in total. The fraction of sp³-hybridized carbons (Fsp3) is 0.188. The van der Waals surface area contributed by atoms with Gasteiger partial charge in [-0.25, -0.2) is 0 Å². The molecule has 1 heterocycles. The summed E-state index contributed by atoms with van der Waals surface area (Å²) in [5.41, 5.74) is 3.52. The van der Waals surface area contributed by atoms with Crippen LogP contribution < -0.4 is 5.32 Å². The van der Waals surface area contributed by atoms with Gasteiger partial charge in [0.05, 0.1) is 0 Å². The van der Waals surface area contributed by atoms with E-state index in [1.165, 1.54) is 20.9 Å². The number of anilines is 1. The zero-order valence-electron chi connectivity index (χ0n) is 11.4. The summed E-state index contributed by atoms with van der Waals surface area (Å²) in [5, 5.41) is 3.30. The topological polar surface area (TPSA) is 12.0 Å². The minimum absolute atomic E-state index is 0.317. The van der Waals surface area contributed by atoms with Crippen LogP contribution in [0.5, 0.6) is 0 Å². The Labute approximate surface area is 122 Å². The molecule has 0 bridgehead atoms. The fourth-order valence-corrected chi connectivity index (χ4v) is 3.85. The molecule has 1 aliphatic heterocycles. The maximum absolute atomic E-state index is 6.52. The van der Waals surface area contributed by atoms with Gasteiger partial charge in [0, 0.05) is 16.8 Å². The van der Waals surface area contributed by atoms with E-state index in [0.717, 1.165) is 5.69 Å². The molecule has 0 amide bonds. The number of allylic oxidation sites excluding steroid dienone is 5. The largest absolute Gasteiger partial charge is 0.361 e. The Bertz CT molecular complexity index is 594. The second-order valence-electron chi connectivity index (χ2n) is 4.53. The van der Waals surface area contributed by atoms with E-state index in [0.29, 0.717) is 0 Å². The molecule has 0 radical (unpaired) electrons. The van der Waals surface area contributed by atoms with Crippen LogP contribution >= 0.6 is 20.4 Å². The molecule has 19 heavy (non-hydrogen) atoms.